The molecule has 0 aromatic heterocycles. The average molecular weight is 342 g/mol. The largest absolute Gasteiger partial charge is 0.497 e. The van der Waals surface area contributed by atoms with Gasteiger partial charge in [-0.2, -0.15) is 0 Å². The Bertz CT molecular complexity index is 875. The van der Waals surface area contributed by atoms with Crippen molar-refractivity contribution in [2.45, 2.75) is 9.79 Å². The van der Waals surface area contributed by atoms with Crippen molar-refractivity contribution in [1.82, 2.24) is 0 Å². The van der Waals surface area contributed by atoms with Crippen molar-refractivity contribution in [2.24, 2.45) is 5.14 Å². The predicted molar refractivity (Wildman–Crippen MR) is 81.6 cm³/mol. The van der Waals surface area contributed by atoms with Gasteiger partial charge in [-0.05, 0) is 42.5 Å². The number of nitrogens with two attached hydrogens (primary N) is 1. The molecule has 9 heteroatoms. The van der Waals surface area contributed by atoms with E-state index in [1.807, 2.05) is 0 Å². The van der Waals surface area contributed by atoms with Crippen LogP contribution in [0.3, 0.4) is 0 Å². The van der Waals surface area contributed by atoms with Crippen molar-refractivity contribution in [2.75, 3.05) is 11.8 Å². The topological polar surface area (TPSA) is 116 Å². The minimum absolute atomic E-state index is 0.0225. The number of rotatable bonds is 5. The molecule has 3 N–H and O–H groups in total. The van der Waals surface area contributed by atoms with Gasteiger partial charge in [-0.1, -0.05) is 6.07 Å². The number of hydrogen-bond acceptors (Lipinski definition) is 5. The summed E-state index contributed by atoms with van der Waals surface area (Å²) in [5, 5.41) is 5.01. The Morgan fingerprint density at radius 1 is 0.955 bits per heavy atom. The third kappa shape index (κ3) is 3.75. The lowest BCUT2D eigenvalue weighted by atomic mass is 10.3. The van der Waals surface area contributed by atoms with Gasteiger partial charge in [0, 0.05) is 0 Å². The zero-order valence-corrected chi connectivity index (χ0v) is 13.2. The van der Waals surface area contributed by atoms with Crippen LogP contribution in [0.2, 0.25) is 0 Å². The van der Waals surface area contributed by atoms with E-state index in [1.54, 1.807) is 0 Å². The zero-order chi connectivity index (χ0) is 16.4. The van der Waals surface area contributed by atoms with Crippen LogP contribution in [0, 0.1) is 0 Å². The Labute approximate surface area is 128 Å². The van der Waals surface area contributed by atoms with E-state index < -0.39 is 20.0 Å². The summed E-state index contributed by atoms with van der Waals surface area (Å²) in [6, 6.07) is 11.0. The zero-order valence-electron chi connectivity index (χ0n) is 11.6. The third-order valence-corrected chi connectivity index (χ3v) is 5.09. The molecular formula is C13H14N2O5S2. The first-order chi connectivity index (χ1) is 10.2. The van der Waals surface area contributed by atoms with Crippen LogP contribution in [0.4, 0.5) is 5.69 Å². The monoisotopic (exact) mass is 342 g/mol. The molecule has 2 rings (SSSR count). The molecule has 0 saturated heterocycles. The Morgan fingerprint density at radius 2 is 1.59 bits per heavy atom. The summed E-state index contributed by atoms with van der Waals surface area (Å²) in [5.41, 5.74) is 0.0994. The summed E-state index contributed by atoms with van der Waals surface area (Å²) in [4.78, 5) is -0.156. The van der Waals surface area contributed by atoms with E-state index in [-0.39, 0.29) is 15.5 Å². The Morgan fingerprint density at radius 3 is 2.14 bits per heavy atom. The number of hydrogen-bond donors (Lipinski definition) is 2. The molecule has 0 saturated carbocycles. The second kappa shape index (κ2) is 5.95. The highest BCUT2D eigenvalue weighted by Crippen LogP contribution is 2.20. The van der Waals surface area contributed by atoms with Crippen LogP contribution in [0.25, 0.3) is 0 Å². The minimum atomic E-state index is -3.91. The van der Waals surface area contributed by atoms with Gasteiger partial charge < -0.3 is 4.74 Å². The number of anilines is 1. The molecule has 0 spiro atoms. The molecule has 0 fully saturated rings. The molecule has 7 nitrogen and oxygen atoms in total. The second-order valence-corrected chi connectivity index (χ2v) is 7.60. The first-order valence-corrected chi connectivity index (χ1v) is 9.05. The van der Waals surface area contributed by atoms with E-state index in [0.29, 0.717) is 5.75 Å². The molecule has 0 aliphatic heterocycles. The lowest BCUT2D eigenvalue weighted by molar-refractivity contribution is 0.414. The van der Waals surface area contributed by atoms with Gasteiger partial charge in [-0.15, -0.1) is 0 Å². The fourth-order valence-corrected chi connectivity index (χ4v) is 3.31. The summed E-state index contributed by atoms with van der Waals surface area (Å²) in [6.45, 7) is 0. The van der Waals surface area contributed by atoms with Gasteiger partial charge in [-0.3, -0.25) is 4.72 Å². The average Bonchev–Trinajstić information content (AvgIpc) is 2.46. The maximum absolute atomic E-state index is 12.2. The van der Waals surface area contributed by atoms with Crippen LogP contribution in [0.1, 0.15) is 0 Å². The van der Waals surface area contributed by atoms with Gasteiger partial charge in [0.2, 0.25) is 10.0 Å². The van der Waals surface area contributed by atoms with E-state index in [2.05, 4.69) is 4.72 Å². The fourth-order valence-electron chi connectivity index (χ4n) is 1.71. The normalized spacial score (nSPS) is 11.9. The van der Waals surface area contributed by atoms with Gasteiger partial charge in [-0.25, -0.2) is 22.0 Å². The molecule has 2 aromatic rings. The highest BCUT2D eigenvalue weighted by atomic mass is 32.2. The number of sulfonamides is 2. The summed E-state index contributed by atoms with van der Waals surface area (Å²) in [5.74, 6) is 0.523. The van der Waals surface area contributed by atoms with Crippen molar-refractivity contribution < 1.29 is 21.6 Å². The Kier molecular flexibility index (Phi) is 4.40. The maximum atomic E-state index is 12.2. The van der Waals surface area contributed by atoms with E-state index >= 15 is 0 Å². The number of methoxy groups -OCH3 is 1. The van der Waals surface area contributed by atoms with Crippen LogP contribution >= 0.6 is 0 Å². The summed E-state index contributed by atoms with van der Waals surface area (Å²) in [6.07, 6.45) is 0. The van der Waals surface area contributed by atoms with E-state index in [1.165, 1.54) is 49.6 Å². The van der Waals surface area contributed by atoms with E-state index in [9.17, 15) is 16.8 Å². The summed E-state index contributed by atoms with van der Waals surface area (Å²) in [7, 11) is -6.27. The quantitative estimate of drug-likeness (QED) is 0.845. The molecule has 0 radical (unpaired) electrons. The molecular weight excluding hydrogens is 328 g/mol. The van der Waals surface area contributed by atoms with Crippen molar-refractivity contribution in [3.05, 3.63) is 48.5 Å². The molecule has 118 valence electrons. The van der Waals surface area contributed by atoms with Crippen molar-refractivity contribution >= 4 is 25.7 Å². The lowest BCUT2D eigenvalue weighted by Crippen LogP contribution is -2.15. The van der Waals surface area contributed by atoms with E-state index in [0.717, 1.165) is 6.07 Å². The van der Waals surface area contributed by atoms with Crippen molar-refractivity contribution in [1.29, 1.82) is 0 Å². The summed E-state index contributed by atoms with van der Waals surface area (Å²) >= 11 is 0. The van der Waals surface area contributed by atoms with E-state index in [4.69, 9.17) is 9.88 Å². The Hall–Kier alpha value is -2.10. The minimum Gasteiger partial charge on any atom is -0.497 e. The first kappa shape index (κ1) is 16.3. The van der Waals surface area contributed by atoms with Gasteiger partial charge in [0.25, 0.3) is 10.0 Å². The molecule has 22 heavy (non-hydrogen) atoms. The molecule has 0 heterocycles. The van der Waals surface area contributed by atoms with Crippen LogP contribution in [0.5, 0.6) is 5.75 Å². The van der Waals surface area contributed by atoms with Gasteiger partial charge in [0.1, 0.15) is 5.75 Å². The van der Waals surface area contributed by atoms with Gasteiger partial charge in [0.15, 0.2) is 0 Å². The molecule has 0 bridgehead atoms. The Balaban J connectivity index is 2.32. The first-order valence-electron chi connectivity index (χ1n) is 6.02. The molecule has 0 atom stereocenters. The molecule has 0 aliphatic rings. The number of primary sulfonamides is 1. The molecule has 0 amide bonds. The third-order valence-electron chi connectivity index (χ3n) is 2.78. The fraction of sp³-hybridized carbons (Fsp3) is 0.0769. The lowest BCUT2D eigenvalue weighted by Gasteiger charge is -2.09. The SMILES string of the molecule is COc1ccc(S(=O)(=O)Nc2cccc(S(N)(=O)=O)c2)cc1. The van der Waals surface area contributed by atoms with Gasteiger partial charge >= 0.3 is 0 Å². The molecule has 2 aromatic carbocycles. The predicted octanol–water partition coefficient (Wildman–Crippen LogP) is 1.14. The smallest absolute Gasteiger partial charge is 0.261 e. The number of nitrogens with one attached hydrogen (secondary N) is 1. The van der Waals surface area contributed by atoms with Crippen LogP contribution in [0.15, 0.2) is 58.3 Å². The molecule has 0 unspecified atom stereocenters. The summed E-state index contributed by atoms with van der Waals surface area (Å²) < 4.78 is 54.3. The van der Waals surface area contributed by atoms with Crippen molar-refractivity contribution in [3.8, 4) is 5.75 Å². The van der Waals surface area contributed by atoms with Crippen LogP contribution in [-0.2, 0) is 20.0 Å². The van der Waals surface area contributed by atoms with Crippen molar-refractivity contribution in [3.63, 3.8) is 0 Å². The highest BCUT2D eigenvalue weighted by Gasteiger charge is 2.15. The van der Waals surface area contributed by atoms with Gasteiger partial charge in [0.05, 0.1) is 22.6 Å². The molecule has 0 aliphatic carbocycles. The van der Waals surface area contributed by atoms with Crippen LogP contribution < -0.4 is 14.6 Å². The number of benzene rings is 2. The standard InChI is InChI=1S/C13H14N2O5S2/c1-20-11-5-7-12(8-6-11)22(18,19)15-10-3-2-4-13(9-10)21(14,16)17/h2-9,15H,1H3,(H2,14,16,17). The second-order valence-electron chi connectivity index (χ2n) is 4.35. The maximum Gasteiger partial charge on any atom is 0.261 e. The van der Waals surface area contributed by atoms with Crippen LogP contribution in [-0.4, -0.2) is 23.9 Å². The number of ether oxygens (including phenoxy) is 1. The highest BCUT2D eigenvalue weighted by molar-refractivity contribution is 7.92.